The van der Waals surface area contributed by atoms with Gasteiger partial charge in [0.2, 0.25) is 0 Å². The number of hydrogen-bond donors (Lipinski definition) is 0. The summed E-state index contributed by atoms with van der Waals surface area (Å²) in [4.78, 5) is 0. The zero-order chi connectivity index (χ0) is 13.1. The third kappa shape index (κ3) is 2.35. The highest BCUT2D eigenvalue weighted by atomic mass is 31.1. The average molecular weight is 266 g/mol. The lowest BCUT2D eigenvalue weighted by molar-refractivity contribution is 0.557. The minimum Gasteiger partial charge on any atom is -0.334 e. The van der Waals surface area contributed by atoms with Crippen molar-refractivity contribution in [3.05, 3.63) is 72.8 Å². The number of benzene rings is 2. The van der Waals surface area contributed by atoms with Crippen molar-refractivity contribution in [2.75, 3.05) is 7.11 Å². The van der Waals surface area contributed by atoms with Crippen LogP contribution in [0.4, 0.5) is 0 Å². The minimum atomic E-state index is -0.700. The summed E-state index contributed by atoms with van der Waals surface area (Å²) in [6.45, 7) is 0. The van der Waals surface area contributed by atoms with Crippen molar-refractivity contribution in [1.29, 1.82) is 0 Å². The normalized spacial score (nSPS) is 10.6. The maximum absolute atomic E-state index is 5.77. The molecule has 0 spiro atoms. The van der Waals surface area contributed by atoms with Crippen LogP contribution in [0.1, 0.15) is 0 Å². The van der Waals surface area contributed by atoms with Crippen molar-refractivity contribution >= 4 is 7.76 Å². The van der Waals surface area contributed by atoms with E-state index in [1.807, 2.05) is 12.1 Å². The Morgan fingerprint density at radius 2 is 1.05 bits per heavy atom. The second kappa shape index (κ2) is 5.44. The van der Waals surface area contributed by atoms with Crippen LogP contribution in [0.5, 0.6) is 0 Å². The molecule has 19 heavy (non-hydrogen) atoms. The van der Waals surface area contributed by atoms with Gasteiger partial charge in [0.05, 0.1) is 0 Å². The van der Waals surface area contributed by atoms with E-state index in [9.17, 15) is 0 Å². The molecule has 0 aliphatic heterocycles. The molecule has 3 rings (SSSR count). The molecule has 0 saturated heterocycles. The van der Waals surface area contributed by atoms with Gasteiger partial charge in [-0.15, -0.1) is 0 Å². The van der Waals surface area contributed by atoms with Gasteiger partial charge in [0, 0.05) is 25.5 Å². The molecule has 0 aliphatic carbocycles. The highest BCUT2D eigenvalue weighted by Gasteiger charge is 2.12. The summed E-state index contributed by atoms with van der Waals surface area (Å²) in [5.41, 5.74) is 2.50. The van der Waals surface area contributed by atoms with Crippen molar-refractivity contribution in [2.24, 2.45) is 0 Å². The van der Waals surface area contributed by atoms with E-state index in [0.717, 1.165) is 0 Å². The molecule has 3 aromatic rings. The van der Waals surface area contributed by atoms with Gasteiger partial charge in [0.15, 0.2) is 0 Å². The van der Waals surface area contributed by atoms with Crippen LogP contribution in [-0.2, 0) is 0 Å². The molecular weight excluding hydrogens is 251 g/mol. The molecule has 0 bridgehead atoms. The standard InChI is InChI=1S/C17H15OP/c1-18-19-16(14-8-4-2-5-9-14)12-13-17(19)15-10-6-3-7-11-15/h2-13H,1H3. The summed E-state index contributed by atoms with van der Waals surface area (Å²) in [7, 11) is 1.10. The molecule has 0 radical (unpaired) electrons. The van der Waals surface area contributed by atoms with Crippen LogP contribution in [0.3, 0.4) is 0 Å². The first kappa shape index (κ1) is 12.2. The van der Waals surface area contributed by atoms with Gasteiger partial charge in [-0.3, -0.25) is 0 Å². The molecule has 0 saturated carbocycles. The van der Waals surface area contributed by atoms with Gasteiger partial charge in [0.1, 0.15) is 0 Å². The van der Waals surface area contributed by atoms with Gasteiger partial charge < -0.3 is 4.52 Å². The Morgan fingerprint density at radius 3 is 1.42 bits per heavy atom. The smallest absolute Gasteiger partial charge is 0.0459 e. The number of rotatable bonds is 3. The van der Waals surface area contributed by atoms with E-state index in [-0.39, 0.29) is 0 Å². The average Bonchev–Trinajstić information content (AvgIpc) is 2.93. The molecule has 2 aromatic carbocycles. The molecule has 0 atom stereocenters. The summed E-state index contributed by atoms with van der Waals surface area (Å²) >= 11 is 0. The van der Waals surface area contributed by atoms with Crippen LogP contribution in [0.2, 0.25) is 0 Å². The predicted molar refractivity (Wildman–Crippen MR) is 82.5 cm³/mol. The Balaban J connectivity index is 2.13. The maximum atomic E-state index is 5.77. The van der Waals surface area contributed by atoms with Gasteiger partial charge in [-0.25, -0.2) is 0 Å². The third-order valence-electron chi connectivity index (χ3n) is 3.16. The SMILES string of the molecule is COp1c(-c2ccccc2)ccc1-c1ccccc1. The highest BCUT2D eigenvalue weighted by Crippen LogP contribution is 2.48. The summed E-state index contributed by atoms with van der Waals surface area (Å²) in [6.07, 6.45) is 0. The molecular formula is C17H15OP. The van der Waals surface area contributed by atoms with E-state index in [0.29, 0.717) is 0 Å². The topological polar surface area (TPSA) is 9.23 Å². The molecule has 0 amide bonds. The Morgan fingerprint density at radius 1 is 0.632 bits per heavy atom. The van der Waals surface area contributed by atoms with Crippen molar-refractivity contribution < 1.29 is 4.52 Å². The number of hydrogen-bond acceptors (Lipinski definition) is 1. The largest absolute Gasteiger partial charge is 0.334 e. The second-order valence-electron chi connectivity index (χ2n) is 4.31. The molecule has 0 aliphatic rings. The molecule has 1 nitrogen and oxygen atoms in total. The Bertz CT molecular complexity index is 599. The van der Waals surface area contributed by atoms with E-state index in [1.54, 1.807) is 7.11 Å². The third-order valence-corrected chi connectivity index (χ3v) is 5.21. The fraction of sp³-hybridized carbons (Fsp3) is 0.0588. The Labute approximate surface area is 114 Å². The molecule has 1 heterocycles. The first-order valence-electron chi connectivity index (χ1n) is 6.27. The monoisotopic (exact) mass is 266 g/mol. The fourth-order valence-corrected chi connectivity index (χ4v) is 4.10. The van der Waals surface area contributed by atoms with Crippen LogP contribution < -0.4 is 4.52 Å². The van der Waals surface area contributed by atoms with Crippen molar-refractivity contribution in [3.8, 4) is 21.7 Å². The fourth-order valence-electron chi connectivity index (χ4n) is 2.26. The van der Waals surface area contributed by atoms with E-state index in [2.05, 4.69) is 60.7 Å². The molecule has 94 valence electrons. The molecule has 0 unspecified atom stereocenters. The van der Waals surface area contributed by atoms with Gasteiger partial charge >= 0.3 is 0 Å². The Kier molecular flexibility index (Phi) is 3.50. The van der Waals surface area contributed by atoms with Crippen LogP contribution in [0.25, 0.3) is 21.7 Å². The minimum absolute atomic E-state index is 0.700. The summed E-state index contributed by atoms with van der Waals surface area (Å²) in [6, 6.07) is 25.3. The predicted octanol–water partition coefficient (Wildman–Crippen LogP) is 5.07. The van der Waals surface area contributed by atoms with E-state index in [4.69, 9.17) is 4.52 Å². The Hall–Kier alpha value is -1.82. The zero-order valence-electron chi connectivity index (χ0n) is 10.8. The maximum Gasteiger partial charge on any atom is 0.0459 e. The van der Waals surface area contributed by atoms with Crippen LogP contribution in [0, 0.1) is 0 Å². The molecule has 0 fully saturated rings. The van der Waals surface area contributed by atoms with Gasteiger partial charge in [-0.2, -0.15) is 0 Å². The summed E-state index contributed by atoms with van der Waals surface area (Å²) in [5, 5.41) is 2.58. The molecule has 2 heteroatoms. The van der Waals surface area contributed by atoms with Gasteiger partial charge in [-0.1, -0.05) is 60.7 Å². The lowest BCUT2D eigenvalue weighted by Gasteiger charge is -2.07. The highest BCUT2D eigenvalue weighted by molar-refractivity contribution is 7.51. The van der Waals surface area contributed by atoms with E-state index in [1.165, 1.54) is 21.7 Å². The first-order valence-corrected chi connectivity index (χ1v) is 7.53. The van der Waals surface area contributed by atoms with Crippen LogP contribution in [0.15, 0.2) is 72.8 Å². The summed E-state index contributed by atoms with van der Waals surface area (Å²) < 4.78 is 5.77. The van der Waals surface area contributed by atoms with Gasteiger partial charge in [0.25, 0.3) is 0 Å². The van der Waals surface area contributed by atoms with Crippen molar-refractivity contribution in [1.82, 2.24) is 0 Å². The lowest BCUT2D eigenvalue weighted by atomic mass is 10.2. The van der Waals surface area contributed by atoms with Crippen molar-refractivity contribution in [2.45, 2.75) is 0 Å². The van der Waals surface area contributed by atoms with E-state index < -0.39 is 7.76 Å². The van der Waals surface area contributed by atoms with Crippen LogP contribution >= 0.6 is 7.76 Å². The van der Waals surface area contributed by atoms with E-state index >= 15 is 0 Å². The van der Waals surface area contributed by atoms with Crippen LogP contribution in [-0.4, -0.2) is 7.11 Å². The quantitative estimate of drug-likeness (QED) is 0.643. The van der Waals surface area contributed by atoms with Crippen molar-refractivity contribution in [3.63, 3.8) is 0 Å². The van der Waals surface area contributed by atoms with Gasteiger partial charge in [-0.05, 0) is 23.3 Å². The lowest BCUT2D eigenvalue weighted by Crippen LogP contribution is -1.81. The zero-order valence-corrected chi connectivity index (χ0v) is 11.7. The first-order chi connectivity index (χ1) is 9.40. The molecule has 1 aromatic heterocycles. The second-order valence-corrected chi connectivity index (χ2v) is 6.23. The summed E-state index contributed by atoms with van der Waals surface area (Å²) in [5.74, 6) is 0. The molecule has 0 N–H and O–H groups in total.